The van der Waals surface area contributed by atoms with Crippen molar-refractivity contribution >= 4 is 28.9 Å². The van der Waals surface area contributed by atoms with Crippen LogP contribution in [0.5, 0.6) is 11.5 Å². The first kappa shape index (κ1) is 22.6. The minimum Gasteiger partial charge on any atom is -0.490 e. The van der Waals surface area contributed by atoms with Crippen LogP contribution in [0.3, 0.4) is 0 Å². The second-order valence-electron chi connectivity index (χ2n) is 7.74. The van der Waals surface area contributed by atoms with E-state index in [9.17, 15) is 9.59 Å². The van der Waals surface area contributed by atoms with E-state index < -0.39 is 5.97 Å². The Morgan fingerprint density at radius 2 is 1.74 bits per heavy atom. The minimum atomic E-state index is -0.520. The molecule has 0 atom stereocenters. The van der Waals surface area contributed by atoms with E-state index in [-0.39, 0.29) is 32.3 Å². The van der Waals surface area contributed by atoms with E-state index in [1.807, 2.05) is 78.2 Å². The van der Waals surface area contributed by atoms with Crippen LogP contribution in [0, 0.1) is 0 Å². The van der Waals surface area contributed by atoms with Crippen molar-refractivity contribution in [1.29, 1.82) is 0 Å². The lowest BCUT2D eigenvalue weighted by atomic mass is 10.1. The zero-order valence-corrected chi connectivity index (χ0v) is 19.6. The van der Waals surface area contributed by atoms with E-state index in [1.54, 1.807) is 17.4 Å². The number of carbonyl (C=O) groups is 2. The third-order valence-electron chi connectivity index (χ3n) is 5.37. The molecule has 0 spiro atoms. The maximum Gasteiger partial charge on any atom is 0.326 e. The number of nitrogens with zero attached hydrogens (tertiary/aromatic N) is 2. The molecule has 1 amide bonds. The monoisotopic (exact) mass is 486 g/mol. The molecule has 0 aliphatic carbocycles. The van der Waals surface area contributed by atoms with Crippen molar-refractivity contribution < 1.29 is 23.8 Å². The Morgan fingerprint density at radius 1 is 0.971 bits per heavy atom. The number of amides is 1. The standard InChI is InChI=1S/C27H22N2O5S/c30-25-17-34-24-12-11-20(22-18-35-27(28-22)19-7-3-1-4-8-19)15-23(24)29(25)16-26(31)33-14-13-32-21-9-5-2-6-10-21/h1-12,15,18H,13-14,16-17H2. The zero-order chi connectivity index (χ0) is 24.0. The van der Waals surface area contributed by atoms with E-state index in [4.69, 9.17) is 19.2 Å². The van der Waals surface area contributed by atoms with Crippen molar-refractivity contribution in [2.75, 3.05) is 31.3 Å². The van der Waals surface area contributed by atoms with Gasteiger partial charge in [0.25, 0.3) is 5.91 Å². The van der Waals surface area contributed by atoms with Gasteiger partial charge in [0.2, 0.25) is 0 Å². The summed E-state index contributed by atoms with van der Waals surface area (Å²) in [6, 6.07) is 24.7. The van der Waals surface area contributed by atoms with Gasteiger partial charge in [0.05, 0.1) is 11.4 Å². The van der Waals surface area contributed by atoms with Crippen molar-refractivity contribution in [1.82, 2.24) is 4.98 Å². The first-order valence-electron chi connectivity index (χ1n) is 11.1. The number of rotatable bonds is 8. The smallest absolute Gasteiger partial charge is 0.326 e. The van der Waals surface area contributed by atoms with Crippen LogP contribution in [0.4, 0.5) is 5.69 Å². The average Bonchev–Trinajstić information content (AvgIpc) is 3.40. The Kier molecular flexibility index (Phi) is 6.72. The molecular formula is C27H22N2O5S. The van der Waals surface area contributed by atoms with E-state index in [0.717, 1.165) is 21.8 Å². The van der Waals surface area contributed by atoms with Gasteiger partial charge in [-0.1, -0.05) is 48.5 Å². The van der Waals surface area contributed by atoms with Crippen LogP contribution < -0.4 is 14.4 Å². The third kappa shape index (κ3) is 5.33. The summed E-state index contributed by atoms with van der Waals surface area (Å²) in [6.07, 6.45) is 0. The molecule has 5 rings (SSSR count). The normalized spacial score (nSPS) is 12.6. The fraction of sp³-hybridized carbons (Fsp3) is 0.148. The second-order valence-corrected chi connectivity index (χ2v) is 8.60. The number of para-hydroxylation sites is 1. The van der Waals surface area contributed by atoms with Gasteiger partial charge in [0.1, 0.15) is 36.3 Å². The van der Waals surface area contributed by atoms with Crippen LogP contribution in [-0.2, 0) is 14.3 Å². The van der Waals surface area contributed by atoms with E-state index in [2.05, 4.69) is 0 Å². The molecular weight excluding hydrogens is 464 g/mol. The number of benzene rings is 3. The molecule has 1 aliphatic rings. The van der Waals surface area contributed by atoms with Gasteiger partial charge >= 0.3 is 5.97 Å². The van der Waals surface area contributed by atoms with E-state index >= 15 is 0 Å². The molecule has 176 valence electrons. The Bertz CT molecular complexity index is 1320. The van der Waals surface area contributed by atoms with Gasteiger partial charge in [-0.2, -0.15) is 0 Å². The number of ether oxygens (including phenoxy) is 3. The first-order valence-corrected chi connectivity index (χ1v) is 12.0. The molecule has 7 nitrogen and oxygen atoms in total. The fourth-order valence-corrected chi connectivity index (χ4v) is 4.50. The van der Waals surface area contributed by atoms with Gasteiger partial charge in [-0.25, -0.2) is 4.98 Å². The second kappa shape index (κ2) is 10.4. The van der Waals surface area contributed by atoms with Crippen molar-refractivity contribution in [3.05, 3.63) is 84.2 Å². The highest BCUT2D eigenvalue weighted by molar-refractivity contribution is 7.13. The Balaban J connectivity index is 1.27. The van der Waals surface area contributed by atoms with Gasteiger partial charge in [-0.15, -0.1) is 11.3 Å². The summed E-state index contributed by atoms with van der Waals surface area (Å²) >= 11 is 1.55. The van der Waals surface area contributed by atoms with Crippen LogP contribution >= 0.6 is 11.3 Å². The van der Waals surface area contributed by atoms with Crippen molar-refractivity contribution in [2.45, 2.75) is 0 Å². The number of anilines is 1. The van der Waals surface area contributed by atoms with E-state index in [0.29, 0.717) is 17.2 Å². The summed E-state index contributed by atoms with van der Waals surface area (Å²) in [5.41, 5.74) is 3.18. The molecule has 4 aromatic rings. The van der Waals surface area contributed by atoms with Crippen LogP contribution in [0.25, 0.3) is 21.8 Å². The topological polar surface area (TPSA) is 78.0 Å². The highest BCUT2D eigenvalue weighted by Gasteiger charge is 2.28. The lowest BCUT2D eigenvalue weighted by molar-refractivity contribution is -0.143. The predicted molar refractivity (Wildman–Crippen MR) is 134 cm³/mol. The Hall–Kier alpha value is -4.17. The highest BCUT2D eigenvalue weighted by atomic mass is 32.1. The van der Waals surface area contributed by atoms with Crippen LogP contribution in [0.2, 0.25) is 0 Å². The van der Waals surface area contributed by atoms with Crippen LogP contribution in [0.15, 0.2) is 84.2 Å². The molecule has 0 unspecified atom stereocenters. The molecule has 0 fully saturated rings. The molecule has 1 aliphatic heterocycles. The third-order valence-corrected chi connectivity index (χ3v) is 6.26. The number of esters is 1. The Morgan fingerprint density at radius 3 is 2.54 bits per heavy atom. The molecule has 0 radical (unpaired) electrons. The SMILES string of the molecule is O=C(CN1C(=O)COc2ccc(-c3csc(-c4ccccc4)n3)cc21)OCCOc1ccccc1. The van der Waals surface area contributed by atoms with Crippen molar-refractivity contribution in [3.8, 4) is 33.3 Å². The molecule has 1 aromatic heterocycles. The van der Waals surface area contributed by atoms with Gasteiger partial charge in [-0.05, 0) is 30.3 Å². The molecule has 0 N–H and O–H groups in total. The molecule has 0 bridgehead atoms. The molecule has 35 heavy (non-hydrogen) atoms. The number of carbonyl (C=O) groups excluding carboxylic acids is 2. The highest BCUT2D eigenvalue weighted by Crippen LogP contribution is 2.37. The molecule has 8 heteroatoms. The summed E-state index contributed by atoms with van der Waals surface area (Å²) in [6.45, 7) is -0.0384. The first-order chi connectivity index (χ1) is 17.2. The summed E-state index contributed by atoms with van der Waals surface area (Å²) in [7, 11) is 0. The maximum absolute atomic E-state index is 12.6. The van der Waals surface area contributed by atoms with Gasteiger partial charge in [-0.3, -0.25) is 14.5 Å². The fourth-order valence-electron chi connectivity index (χ4n) is 3.66. The molecule has 3 aromatic carbocycles. The summed E-state index contributed by atoms with van der Waals surface area (Å²) in [4.78, 5) is 31.2. The van der Waals surface area contributed by atoms with Gasteiger partial charge in [0, 0.05) is 16.5 Å². The number of fused-ring (bicyclic) bond motifs is 1. The van der Waals surface area contributed by atoms with Crippen LogP contribution in [-0.4, -0.2) is 43.2 Å². The van der Waals surface area contributed by atoms with Gasteiger partial charge in [0.15, 0.2) is 6.61 Å². The lowest BCUT2D eigenvalue weighted by Crippen LogP contribution is -2.42. The van der Waals surface area contributed by atoms with E-state index in [1.165, 1.54) is 4.90 Å². The number of thiazole rings is 1. The zero-order valence-electron chi connectivity index (χ0n) is 18.8. The molecule has 2 heterocycles. The number of hydrogen-bond donors (Lipinski definition) is 0. The predicted octanol–water partition coefficient (Wildman–Crippen LogP) is 4.82. The molecule has 0 saturated carbocycles. The molecule has 0 saturated heterocycles. The minimum absolute atomic E-state index is 0.0836. The summed E-state index contributed by atoms with van der Waals surface area (Å²) in [5.74, 6) is 0.404. The van der Waals surface area contributed by atoms with Crippen molar-refractivity contribution in [2.24, 2.45) is 0 Å². The van der Waals surface area contributed by atoms with Crippen molar-refractivity contribution in [3.63, 3.8) is 0 Å². The lowest BCUT2D eigenvalue weighted by Gasteiger charge is -2.29. The number of hydrogen-bond acceptors (Lipinski definition) is 7. The average molecular weight is 487 g/mol. The van der Waals surface area contributed by atoms with Gasteiger partial charge < -0.3 is 14.2 Å². The summed E-state index contributed by atoms with van der Waals surface area (Å²) < 4.78 is 16.4. The summed E-state index contributed by atoms with van der Waals surface area (Å²) in [5, 5.41) is 2.88. The van der Waals surface area contributed by atoms with Crippen LogP contribution in [0.1, 0.15) is 0 Å². The largest absolute Gasteiger partial charge is 0.490 e. The number of aromatic nitrogens is 1. The quantitative estimate of drug-likeness (QED) is 0.262. The maximum atomic E-state index is 12.6. The Labute approximate surface area is 206 Å².